The van der Waals surface area contributed by atoms with Crippen molar-refractivity contribution in [2.24, 2.45) is 0 Å². The molecule has 1 aromatic carbocycles. The summed E-state index contributed by atoms with van der Waals surface area (Å²) >= 11 is 2.72. The molecule has 2 aromatic rings. The number of carbonyl (C=O) groups excluding carboxylic acids is 2. The maximum absolute atomic E-state index is 12.4. The monoisotopic (exact) mass is 380 g/mol. The third kappa shape index (κ3) is 4.68. The molecule has 0 saturated carbocycles. The lowest BCUT2D eigenvalue weighted by Crippen LogP contribution is -2.25. The van der Waals surface area contributed by atoms with Gasteiger partial charge in [-0.3, -0.25) is 9.59 Å². The van der Waals surface area contributed by atoms with E-state index in [4.69, 9.17) is 9.47 Å². The molecule has 1 aromatic heterocycles. The number of fused-ring (bicyclic) bond motifs is 1. The SMILES string of the molecule is COCCNc1nnc(SCC(=O)c2ccc3c(c2)NC(=O)CO3)s1. The Bertz CT molecular complexity index is 781. The van der Waals surface area contributed by atoms with Crippen LogP contribution < -0.4 is 15.4 Å². The van der Waals surface area contributed by atoms with E-state index in [1.807, 2.05) is 0 Å². The first-order chi connectivity index (χ1) is 12.2. The van der Waals surface area contributed by atoms with Crippen LogP contribution in [0, 0.1) is 0 Å². The van der Waals surface area contributed by atoms with Crippen molar-refractivity contribution in [1.82, 2.24) is 10.2 Å². The molecule has 0 fully saturated rings. The van der Waals surface area contributed by atoms with E-state index in [1.165, 1.54) is 23.1 Å². The van der Waals surface area contributed by atoms with Crippen LogP contribution in [0.15, 0.2) is 22.5 Å². The molecular formula is C15H16N4O4S2. The number of benzene rings is 1. The summed E-state index contributed by atoms with van der Waals surface area (Å²) in [7, 11) is 1.63. The van der Waals surface area contributed by atoms with Gasteiger partial charge in [0.15, 0.2) is 16.7 Å². The molecule has 0 bridgehead atoms. The largest absolute Gasteiger partial charge is 0.482 e. The molecule has 1 aliphatic rings. The van der Waals surface area contributed by atoms with E-state index < -0.39 is 0 Å². The number of hydrogen-bond donors (Lipinski definition) is 2. The second-order valence-corrected chi connectivity index (χ2v) is 7.25. The Morgan fingerprint density at radius 1 is 1.48 bits per heavy atom. The number of nitrogens with zero attached hydrogens (tertiary/aromatic N) is 2. The van der Waals surface area contributed by atoms with Crippen molar-refractivity contribution in [2.45, 2.75) is 4.34 Å². The van der Waals surface area contributed by atoms with Crippen LogP contribution in [0.5, 0.6) is 5.75 Å². The Morgan fingerprint density at radius 2 is 2.36 bits per heavy atom. The zero-order valence-electron chi connectivity index (χ0n) is 13.4. The molecule has 0 spiro atoms. The topological polar surface area (TPSA) is 102 Å². The molecule has 10 heteroatoms. The summed E-state index contributed by atoms with van der Waals surface area (Å²) in [6.07, 6.45) is 0. The van der Waals surface area contributed by atoms with Crippen molar-refractivity contribution in [2.75, 3.05) is 43.3 Å². The smallest absolute Gasteiger partial charge is 0.262 e. The van der Waals surface area contributed by atoms with E-state index in [0.29, 0.717) is 39.6 Å². The summed E-state index contributed by atoms with van der Waals surface area (Å²) in [6.45, 7) is 1.23. The average molecular weight is 380 g/mol. The lowest BCUT2D eigenvalue weighted by atomic mass is 10.1. The zero-order valence-corrected chi connectivity index (χ0v) is 15.0. The van der Waals surface area contributed by atoms with E-state index in [1.54, 1.807) is 25.3 Å². The lowest BCUT2D eigenvalue weighted by Gasteiger charge is -2.18. The van der Waals surface area contributed by atoms with Crippen LogP contribution in [0.1, 0.15) is 10.4 Å². The van der Waals surface area contributed by atoms with Crippen LogP contribution >= 0.6 is 23.1 Å². The summed E-state index contributed by atoms with van der Waals surface area (Å²) in [6, 6.07) is 5.01. The van der Waals surface area contributed by atoms with Gasteiger partial charge in [-0.05, 0) is 18.2 Å². The fourth-order valence-electron chi connectivity index (χ4n) is 2.07. The van der Waals surface area contributed by atoms with E-state index >= 15 is 0 Å². The van der Waals surface area contributed by atoms with E-state index in [2.05, 4.69) is 20.8 Å². The number of hydrogen-bond acceptors (Lipinski definition) is 9. The molecule has 0 atom stereocenters. The molecule has 2 N–H and O–H groups in total. The lowest BCUT2D eigenvalue weighted by molar-refractivity contribution is -0.118. The summed E-state index contributed by atoms with van der Waals surface area (Å²) in [5.41, 5.74) is 1.03. The number of amides is 1. The summed E-state index contributed by atoms with van der Waals surface area (Å²) in [5.74, 6) is 0.519. The molecule has 0 saturated heterocycles. The highest BCUT2D eigenvalue weighted by Crippen LogP contribution is 2.30. The van der Waals surface area contributed by atoms with Gasteiger partial charge in [-0.15, -0.1) is 10.2 Å². The molecular weight excluding hydrogens is 364 g/mol. The maximum Gasteiger partial charge on any atom is 0.262 e. The predicted octanol–water partition coefficient (Wildman–Crippen LogP) is 1.90. The third-order valence-electron chi connectivity index (χ3n) is 3.25. The normalized spacial score (nSPS) is 12.9. The number of methoxy groups -OCH3 is 1. The maximum atomic E-state index is 12.4. The first-order valence-electron chi connectivity index (χ1n) is 7.44. The molecule has 0 aliphatic carbocycles. The van der Waals surface area contributed by atoms with Crippen molar-refractivity contribution in [3.63, 3.8) is 0 Å². The molecule has 2 heterocycles. The van der Waals surface area contributed by atoms with Gasteiger partial charge in [0.05, 0.1) is 18.0 Å². The van der Waals surface area contributed by atoms with E-state index in [9.17, 15) is 9.59 Å². The van der Waals surface area contributed by atoms with Gasteiger partial charge in [0.25, 0.3) is 5.91 Å². The minimum Gasteiger partial charge on any atom is -0.482 e. The first-order valence-corrected chi connectivity index (χ1v) is 9.25. The molecule has 1 aliphatic heterocycles. The number of aromatic nitrogens is 2. The number of ether oxygens (including phenoxy) is 2. The van der Waals surface area contributed by atoms with Crippen molar-refractivity contribution >= 4 is 45.6 Å². The molecule has 8 nitrogen and oxygen atoms in total. The van der Waals surface area contributed by atoms with Crippen LogP contribution in [0.25, 0.3) is 0 Å². The Hall–Kier alpha value is -2.17. The number of rotatable bonds is 8. The van der Waals surface area contributed by atoms with E-state index in [-0.39, 0.29) is 24.1 Å². The summed E-state index contributed by atoms with van der Waals surface area (Å²) in [4.78, 5) is 23.7. The fraction of sp³-hybridized carbons (Fsp3) is 0.333. The highest BCUT2D eigenvalue weighted by Gasteiger charge is 2.18. The van der Waals surface area contributed by atoms with Crippen LogP contribution in [0.2, 0.25) is 0 Å². The van der Waals surface area contributed by atoms with Gasteiger partial charge in [0.1, 0.15) is 5.75 Å². The first kappa shape index (κ1) is 17.6. The van der Waals surface area contributed by atoms with Gasteiger partial charge in [0.2, 0.25) is 5.13 Å². The summed E-state index contributed by atoms with van der Waals surface area (Å²) in [5, 5.41) is 14.5. The van der Waals surface area contributed by atoms with Gasteiger partial charge in [-0.1, -0.05) is 23.1 Å². The summed E-state index contributed by atoms with van der Waals surface area (Å²) < 4.78 is 10.9. The van der Waals surface area contributed by atoms with Gasteiger partial charge in [-0.25, -0.2) is 0 Å². The molecule has 0 unspecified atom stereocenters. The number of Topliss-reactive ketones (excluding diaryl/α,β-unsaturated/α-hetero) is 1. The fourth-order valence-corrected chi connectivity index (χ4v) is 3.74. The van der Waals surface area contributed by atoms with Gasteiger partial charge in [0, 0.05) is 19.2 Å². The Labute approximate surface area is 152 Å². The highest BCUT2D eigenvalue weighted by molar-refractivity contribution is 8.01. The third-order valence-corrected chi connectivity index (χ3v) is 5.26. The highest BCUT2D eigenvalue weighted by atomic mass is 32.2. The zero-order chi connectivity index (χ0) is 17.6. The van der Waals surface area contributed by atoms with Crippen LogP contribution in [0.3, 0.4) is 0 Å². The standard InChI is InChI=1S/C15H16N4O4S2/c1-22-5-4-16-14-18-19-15(25-14)24-8-11(20)9-2-3-12-10(6-9)17-13(21)7-23-12/h2-3,6H,4-5,7-8H2,1H3,(H,16,18)(H,17,21). The van der Waals surface area contributed by atoms with Crippen molar-refractivity contribution < 1.29 is 19.1 Å². The number of carbonyl (C=O) groups is 2. The Morgan fingerprint density at radius 3 is 3.20 bits per heavy atom. The quantitative estimate of drug-likeness (QED) is 0.407. The van der Waals surface area contributed by atoms with Crippen molar-refractivity contribution in [1.29, 1.82) is 0 Å². The number of thioether (sulfide) groups is 1. The minimum absolute atomic E-state index is 0.00601. The van der Waals surface area contributed by atoms with Gasteiger partial charge >= 0.3 is 0 Å². The molecule has 1 amide bonds. The number of anilines is 2. The minimum atomic E-state index is -0.228. The van der Waals surface area contributed by atoms with E-state index in [0.717, 1.165) is 0 Å². The van der Waals surface area contributed by atoms with Crippen molar-refractivity contribution in [3.8, 4) is 5.75 Å². The average Bonchev–Trinajstić information content (AvgIpc) is 3.07. The number of nitrogens with one attached hydrogen (secondary N) is 2. The van der Waals surface area contributed by atoms with Crippen LogP contribution in [-0.4, -0.2) is 54.5 Å². The second kappa shape index (κ2) is 8.28. The van der Waals surface area contributed by atoms with Crippen LogP contribution in [-0.2, 0) is 9.53 Å². The van der Waals surface area contributed by atoms with Crippen molar-refractivity contribution in [3.05, 3.63) is 23.8 Å². The molecule has 25 heavy (non-hydrogen) atoms. The van der Waals surface area contributed by atoms with Gasteiger partial charge < -0.3 is 20.1 Å². The molecule has 132 valence electrons. The van der Waals surface area contributed by atoms with Crippen LogP contribution in [0.4, 0.5) is 10.8 Å². The molecule has 3 rings (SSSR count). The molecule has 0 radical (unpaired) electrons. The Kier molecular flexibility index (Phi) is 5.84. The second-order valence-electron chi connectivity index (χ2n) is 5.05. The predicted molar refractivity (Wildman–Crippen MR) is 95.9 cm³/mol. The number of ketones is 1. The Balaban J connectivity index is 1.56. The van der Waals surface area contributed by atoms with Gasteiger partial charge in [-0.2, -0.15) is 0 Å².